The van der Waals surface area contributed by atoms with Crippen molar-refractivity contribution >= 4 is 28.4 Å². The van der Waals surface area contributed by atoms with E-state index in [9.17, 15) is 0 Å². The summed E-state index contributed by atoms with van der Waals surface area (Å²) in [5, 5.41) is 0.915. The van der Waals surface area contributed by atoms with E-state index < -0.39 is 0 Å². The first kappa shape index (κ1) is 13.3. The van der Waals surface area contributed by atoms with E-state index >= 15 is 0 Å². The van der Waals surface area contributed by atoms with Gasteiger partial charge in [0.15, 0.2) is 5.75 Å². The lowest BCUT2D eigenvalue weighted by atomic mass is 10.1. The second kappa shape index (κ2) is 4.70. The molecule has 0 fully saturated rings. The minimum absolute atomic E-state index is 0.329. The summed E-state index contributed by atoms with van der Waals surface area (Å²) in [5.74, 6) is 1.32. The van der Waals surface area contributed by atoms with Gasteiger partial charge in [-0.25, -0.2) is 0 Å². The standard InChI is InChI=1S/C16H20N2OS/c1-9(2)15-13(17)14-16(20-15)19-12-8-6-5-7-11(12)18(14)10(3)4/h5-10H,17H2,1-4H3. The Morgan fingerprint density at radius 1 is 1.15 bits per heavy atom. The molecule has 0 saturated carbocycles. The fourth-order valence-corrected chi connectivity index (χ4v) is 3.73. The third-order valence-electron chi connectivity index (χ3n) is 3.53. The third-order valence-corrected chi connectivity index (χ3v) is 4.90. The van der Waals surface area contributed by atoms with Crippen LogP contribution in [0.4, 0.5) is 17.1 Å². The number of rotatable bonds is 2. The average molecular weight is 288 g/mol. The Labute approximate surface area is 124 Å². The molecule has 0 spiro atoms. The fraction of sp³-hybridized carbons (Fsp3) is 0.375. The molecule has 0 atom stereocenters. The number of nitrogens with two attached hydrogens (primary N) is 1. The van der Waals surface area contributed by atoms with Crippen LogP contribution >= 0.6 is 11.3 Å². The molecule has 3 rings (SSSR count). The molecular weight excluding hydrogens is 268 g/mol. The molecule has 2 N–H and O–H groups in total. The topological polar surface area (TPSA) is 38.5 Å². The zero-order chi connectivity index (χ0) is 14.4. The molecule has 4 heteroatoms. The van der Waals surface area contributed by atoms with Crippen LogP contribution in [0.2, 0.25) is 0 Å². The maximum Gasteiger partial charge on any atom is 0.207 e. The molecule has 1 aromatic carbocycles. The molecule has 0 unspecified atom stereocenters. The Morgan fingerprint density at radius 2 is 1.85 bits per heavy atom. The summed E-state index contributed by atoms with van der Waals surface area (Å²) >= 11 is 1.67. The van der Waals surface area contributed by atoms with Gasteiger partial charge in [0.05, 0.1) is 11.4 Å². The summed E-state index contributed by atoms with van der Waals surface area (Å²) in [6, 6.07) is 8.47. The number of ether oxygens (including phenoxy) is 1. The lowest BCUT2D eigenvalue weighted by Gasteiger charge is -2.34. The SMILES string of the molecule is CC(C)c1sc2c(c1N)N(C(C)C)c1ccccc1O2. The average Bonchev–Trinajstić information content (AvgIpc) is 2.73. The molecule has 0 amide bonds. The van der Waals surface area contributed by atoms with Crippen molar-refractivity contribution in [1.82, 2.24) is 0 Å². The molecule has 0 aliphatic carbocycles. The number of hydrogen-bond donors (Lipinski definition) is 1. The highest BCUT2D eigenvalue weighted by Crippen LogP contribution is 2.56. The Hall–Kier alpha value is -1.68. The first-order valence-electron chi connectivity index (χ1n) is 6.99. The second-order valence-corrected chi connectivity index (χ2v) is 6.72. The van der Waals surface area contributed by atoms with Gasteiger partial charge >= 0.3 is 0 Å². The molecule has 0 radical (unpaired) electrons. The van der Waals surface area contributed by atoms with Gasteiger partial charge in [0.25, 0.3) is 0 Å². The van der Waals surface area contributed by atoms with Gasteiger partial charge in [-0.05, 0) is 31.9 Å². The quantitative estimate of drug-likeness (QED) is 0.835. The predicted octanol–water partition coefficient (Wildman–Crippen LogP) is 5.11. The van der Waals surface area contributed by atoms with Crippen LogP contribution in [-0.4, -0.2) is 6.04 Å². The van der Waals surface area contributed by atoms with Crippen molar-refractivity contribution in [2.45, 2.75) is 39.7 Å². The summed E-state index contributed by atoms with van der Waals surface area (Å²) in [7, 11) is 0. The molecule has 1 aliphatic rings. The van der Waals surface area contributed by atoms with Crippen LogP contribution in [-0.2, 0) is 0 Å². The minimum Gasteiger partial charge on any atom is -0.442 e. The van der Waals surface area contributed by atoms with Gasteiger partial charge in [0, 0.05) is 10.9 Å². The van der Waals surface area contributed by atoms with Crippen LogP contribution in [0.3, 0.4) is 0 Å². The molecular formula is C16H20N2OS. The van der Waals surface area contributed by atoms with Crippen LogP contribution in [0, 0.1) is 0 Å². The van der Waals surface area contributed by atoms with Crippen LogP contribution in [0.5, 0.6) is 10.8 Å². The van der Waals surface area contributed by atoms with Crippen molar-refractivity contribution in [2.24, 2.45) is 0 Å². The van der Waals surface area contributed by atoms with Gasteiger partial charge in [-0.1, -0.05) is 37.3 Å². The fourth-order valence-electron chi connectivity index (χ4n) is 2.66. The molecule has 20 heavy (non-hydrogen) atoms. The number of nitrogen functional groups attached to an aromatic ring is 1. The van der Waals surface area contributed by atoms with E-state index in [1.807, 2.05) is 18.2 Å². The number of fused-ring (bicyclic) bond motifs is 2. The van der Waals surface area contributed by atoms with Crippen LogP contribution in [0.1, 0.15) is 38.5 Å². The van der Waals surface area contributed by atoms with Crippen molar-refractivity contribution < 1.29 is 4.74 Å². The molecule has 2 aromatic rings. The Balaban J connectivity index is 2.22. The lowest BCUT2D eigenvalue weighted by molar-refractivity contribution is 0.483. The van der Waals surface area contributed by atoms with Gasteiger partial charge in [0.1, 0.15) is 5.69 Å². The Morgan fingerprint density at radius 3 is 2.50 bits per heavy atom. The number of benzene rings is 1. The zero-order valence-corrected chi connectivity index (χ0v) is 13.1. The third kappa shape index (κ3) is 1.86. The molecule has 106 valence electrons. The van der Waals surface area contributed by atoms with Crippen molar-refractivity contribution in [3.63, 3.8) is 0 Å². The summed E-state index contributed by atoms with van der Waals surface area (Å²) in [6.45, 7) is 8.69. The van der Waals surface area contributed by atoms with E-state index in [1.54, 1.807) is 11.3 Å². The first-order chi connectivity index (χ1) is 9.50. The smallest absolute Gasteiger partial charge is 0.207 e. The molecule has 3 nitrogen and oxygen atoms in total. The first-order valence-corrected chi connectivity index (χ1v) is 7.80. The van der Waals surface area contributed by atoms with E-state index in [4.69, 9.17) is 10.5 Å². The number of nitrogens with zero attached hydrogens (tertiary/aromatic N) is 1. The number of para-hydroxylation sites is 2. The predicted molar refractivity (Wildman–Crippen MR) is 86.6 cm³/mol. The zero-order valence-electron chi connectivity index (χ0n) is 12.3. The van der Waals surface area contributed by atoms with Crippen LogP contribution in [0.25, 0.3) is 0 Å². The normalized spacial score (nSPS) is 13.4. The molecule has 0 bridgehead atoms. The van der Waals surface area contributed by atoms with Crippen LogP contribution in [0.15, 0.2) is 24.3 Å². The van der Waals surface area contributed by atoms with Gasteiger partial charge < -0.3 is 15.4 Å². The highest BCUT2D eigenvalue weighted by molar-refractivity contribution is 7.15. The van der Waals surface area contributed by atoms with E-state index in [0.29, 0.717) is 12.0 Å². The second-order valence-electron chi connectivity index (χ2n) is 5.70. The molecule has 2 heterocycles. The summed E-state index contributed by atoms with van der Waals surface area (Å²) in [5.41, 5.74) is 9.39. The van der Waals surface area contributed by atoms with Crippen molar-refractivity contribution in [2.75, 3.05) is 10.6 Å². The van der Waals surface area contributed by atoms with E-state index in [2.05, 4.69) is 38.7 Å². The Bertz CT molecular complexity index is 646. The Kier molecular flexibility index (Phi) is 3.13. The summed E-state index contributed by atoms with van der Waals surface area (Å²) < 4.78 is 6.07. The van der Waals surface area contributed by atoms with Gasteiger partial charge in [-0.15, -0.1) is 0 Å². The van der Waals surface area contributed by atoms with E-state index in [1.165, 1.54) is 4.88 Å². The van der Waals surface area contributed by atoms with Crippen LogP contribution < -0.4 is 15.4 Å². The van der Waals surface area contributed by atoms with Crippen molar-refractivity contribution in [3.05, 3.63) is 29.1 Å². The van der Waals surface area contributed by atoms with Gasteiger partial charge in [-0.2, -0.15) is 0 Å². The number of anilines is 3. The maximum atomic E-state index is 6.40. The molecule has 1 aliphatic heterocycles. The largest absolute Gasteiger partial charge is 0.442 e. The van der Waals surface area contributed by atoms with Gasteiger partial charge in [-0.3, -0.25) is 0 Å². The number of hydrogen-bond acceptors (Lipinski definition) is 4. The molecule has 0 saturated heterocycles. The summed E-state index contributed by atoms with van der Waals surface area (Å²) in [4.78, 5) is 3.49. The van der Waals surface area contributed by atoms with Gasteiger partial charge in [0.2, 0.25) is 5.06 Å². The monoisotopic (exact) mass is 288 g/mol. The maximum absolute atomic E-state index is 6.40. The van der Waals surface area contributed by atoms with E-state index in [0.717, 1.165) is 27.9 Å². The van der Waals surface area contributed by atoms with Crippen molar-refractivity contribution in [1.29, 1.82) is 0 Å². The highest BCUT2D eigenvalue weighted by Gasteiger charge is 2.32. The number of thiophene rings is 1. The summed E-state index contributed by atoms with van der Waals surface area (Å²) in [6.07, 6.45) is 0. The van der Waals surface area contributed by atoms with E-state index in [-0.39, 0.29) is 0 Å². The lowest BCUT2D eigenvalue weighted by Crippen LogP contribution is -2.28. The van der Waals surface area contributed by atoms with Crippen molar-refractivity contribution in [3.8, 4) is 10.8 Å². The highest BCUT2D eigenvalue weighted by atomic mass is 32.1. The minimum atomic E-state index is 0.329. The molecule has 1 aromatic heterocycles.